The number of halogens is 1. The van der Waals surface area contributed by atoms with Crippen LogP contribution in [-0.4, -0.2) is 14.2 Å². The highest BCUT2D eigenvalue weighted by Crippen LogP contribution is 2.37. The second kappa shape index (κ2) is 5.36. The minimum Gasteiger partial charge on any atom is -0.495 e. The van der Waals surface area contributed by atoms with E-state index in [4.69, 9.17) is 13.9 Å². The van der Waals surface area contributed by atoms with Crippen LogP contribution in [0.3, 0.4) is 0 Å². The third-order valence-corrected chi connectivity index (χ3v) is 4.22. The summed E-state index contributed by atoms with van der Waals surface area (Å²) in [6.45, 7) is 0. The Kier molecular flexibility index (Phi) is 3.56. The summed E-state index contributed by atoms with van der Waals surface area (Å²) in [5.41, 5.74) is 1.81. The van der Waals surface area contributed by atoms with Crippen LogP contribution in [0.2, 0.25) is 0 Å². The normalized spacial score (nSPS) is 10.8. The first kappa shape index (κ1) is 13.3. The maximum Gasteiger partial charge on any atom is 0.136 e. The van der Waals surface area contributed by atoms with Gasteiger partial charge in [-0.05, 0) is 46.9 Å². The molecule has 4 heteroatoms. The Labute approximate surface area is 130 Å². The predicted molar refractivity (Wildman–Crippen MR) is 87.5 cm³/mol. The molecule has 0 aliphatic heterocycles. The fraction of sp³-hybridized carbons (Fsp3) is 0.125. The molecule has 0 amide bonds. The first-order valence-electron chi connectivity index (χ1n) is 6.13. The third kappa shape index (κ3) is 2.24. The summed E-state index contributed by atoms with van der Waals surface area (Å²) in [7, 11) is 3.30. The van der Waals surface area contributed by atoms with Crippen LogP contribution in [0, 0.1) is 3.57 Å². The Hall–Kier alpha value is -1.69. The molecule has 0 unspecified atom stereocenters. The average molecular weight is 380 g/mol. The molecule has 0 bridgehead atoms. The Bertz CT molecular complexity index is 703. The van der Waals surface area contributed by atoms with Crippen molar-refractivity contribution in [3.8, 4) is 22.8 Å². The molecule has 3 rings (SSSR count). The molecule has 0 aliphatic rings. The van der Waals surface area contributed by atoms with Crippen LogP contribution >= 0.6 is 22.6 Å². The van der Waals surface area contributed by atoms with Crippen molar-refractivity contribution in [2.75, 3.05) is 14.2 Å². The Morgan fingerprint density at radius 1 is 0.950 bits per heavy atom. The molecule has 0 spiro atoms. The maximum atomic E-state index is 5.88. The van der Waals surface area contributed by atoms with Gasteiger partial charge in [0.25, 0.3) is 0 Å². The second-order valence-corrected chi connectivity index (χ2v) is 5.42. The standard InChI is InChI=1S/C16H13IO3/c1-18-14-8-11(9-15(19-2)16(14)17)13-7-10-5-3-4-6-12(10)20-13/h3-9H,1-2H3. The van der Waals surface area contributed by atoms with Crippen LogP contribution in [0.15, 0.2) is 46.9 Å². The number of fused-ring (bicyclic) bond motifs is 1. The Balaban J connectivity index is 2.18. The van der Waals surface area contributed by atoms with Crippen LogP contribution in [0.25, 0.3) is 22.3 Å². The van der Waals surface area contributed by atoms with Gasteiger partial charge < -0.3 is 13.9 Å². The summed E-state index contributed by atoms with van der Waals surface area (Å²) in [5.74, 6) is 2.36. The SMILES string of the molecule is COc1cc(-c2cc3ccccc3o2)cc(OC)c1I. The van der Waals surface area contributed by atoms with Crippen molar-refractivity contribution in [3.05, 3.63) is 46.0 Å². The van der Waals surface area contributed by atoms with E-state index >= 15 is 0 Å². The van der Waals surface area contributed by atoms with E-state index in [0.29, 0.717) is 0 Å². The smallest absolute Gasteiger partial charge is 0.136 e. The van der Waals surface area contributed by atoms with Crippen LogP contribution < -0.4 is 9.47 Å². The highest BCUT2D eigenvalue weighted by atomic mass is 127. The number of benzene rings is 2. The summed E-state index contributed by atoms with van der Waals surface area (Å²) in [4.78, 5) is 0. The van der Waals surface area contributed by atoms with Gasteiger partial charge in [-0.2, -0.15) is 0 Å². The highest BCUT2D eigenvalue weighted by molar-refractivity contribution is 14.1. The first-order chi connectivity index (χ1) is 9.72. The van der Waals surface area contributed by atoms with E-state index < -0.39 is 0 Å². The van der Waals surface area contributed by atoms with Gasteiger partial charge >= 0.3 is 0 Å². The lowest BCUT2D eigenvalue weighted by atomic mass is 10.1. The number of para-hydroxylation sites is 1. The lowest BCUT2D eigenvalue weighted by molar-refractivity contribution is 0.389. The zero-order valence-corrected chi connectivity index (χ0v) is 13.3. The Morgan fingerprint density at radius 2 is 1.60 bits per heavy atom. The van der Waals surface area contributed by atoms with Gasteiger partial charge in [0.2, 0.25) is 0 Å². The topological polar surface area (TPSA) is 31.6 Å². The van der Waals surface area contributed by atoms with Crippen molar-refractivity contribution in [2.24, 2.45) is 0 Å². The van der Waals surface area contributed by atoms with Crippen molar-refractivity contribution in [1.29, 1.82) is 0 Å². The number of hydrogen-bond donors (Lipinski definition) is 0. The first-order valence-corrected chi connectivity index (χ1v) is 7.21. The molecule has 1 aromatic heterocycles. The van der Waals surface area contributed by atoms with Crippen molar-refractivity contribution < 1.29 is 13.9 Å². The maximum absolute atomic E-state index is 5.88. The summed E-state index contributed by atoms with van der Waals surface area (Å²) < 4.78 is 17.6. The minimum atomic E-state index is 0.778. The van der Waals surface area contributed by atoms with E-state index in [0.717, 1.165) is 37.4 Å². The van der Waals surface area contributed by atoms with Gasteiger partial charge in [-0.25, -0.2) is 0 Å². The van der Waals surface area contributed by atoms with Crippen molar-refractivity contribution in [2.45, 2.75) is 0 Å². The van der Waals surface area contributed by atoms with Gasteiger partial charge in [0.1, 0.15) is 22.8 Å². The third-order valence-electron chi connectivity index (χ3n) is 3.16. The average Bonchev–Trinajstić information content (AvgIpc) is 2.91. The molecule has 3 aromatic rings. The molecular formula is C16H13IO3. The van der Waals surface area contributed by atoms with Gasteiger partial charge in [0.05, 0.1) is 17.8 Å². The molecule has 3 nitrogen and oxygen atoms in total. The number of ether oxygens (including phenoxy) is 2. The van der Waals surface area contributed by atoms with E-state index in [2.05, 4.69) is 22.6 Å². The fourth-order valence-corrected chi connectivity index (χ4v) is 2.89. The zero-order valence-electron chi connectivity index (χ0n) is 11.1. The van der Waals surface area contributed by atoms with Gasteiger partial charge in [0, 0.05) is 10.9 Å². The number of rotatable bonds is 3. The Morgan fingerprint density at radius 3 is 2.20 bits per heavy atom. The molecule has 0 atom stereocenters. The van der Waals surface area contributed by atoms with E-state index in [9.17, 15) is 0 Å². The molecular weight excluding hydrogens is 367 g/mol. The lowest BCUT2D eigenvalue weighted by Gasteiger charge is -2.10. The zero-order chi connectivity index (χ0) is 14.1. The monoisotopic (exact) mass is 380 g/mol. The summed E-state index contributed by atoms with van der Waals surface area (Å²) in [6, 6.07) is 13.9. The van der Waals surface area contributed by atoms with Gasteiger partial charge in [-0.3, -0.25) is 0 Å². The van der Waals surface area contributed by atoms with Gasteiger partial charge in [0.15, 0.2) is 0 Å². The summed E-state index contributed by atoms with van der Waals surface area (Å²) in [5, 5.41) is 1.08. The quantitative estimate of drug-likeness (QED) is 0.617. The highest BCUT2D eigenvalue weighted by Gasteiger charge is 2.13. The van der Waals surface area contributed by atoms with Crippen molar-refractivity contribution in [3.63, 3.8) is 0 Å². The largest absolute Gasteiger partial charge is 0.495 e. The fourth-order valence-electron chi connectivity index (χ4n) is 2.14. The molecule has 0 radical (unpaired) electrons. The lowest BCUT2D eigenvalue weighted by Crippen LogP contribution is -1.93. The molecule has 20 heavy (non-hydrogen) atoms. The second-order valence-electron chi connectivity index (χ2n) is 4.34. The molecule has 0 N–H and O–H groups in total. The summed E-state index contributed by atoms with van der Waals surface area (Å²) in [6.07, 6.45) is 0. The van der Waals surface area contributed by atoms with Crippen molar-refractivity contribution in [1.82, 2.24) is 0 Å². The van der Waals surface area contributed by atoms with Crippen LogP contribution in [0.4, 0.5) is 0 Å². The predicted octanol–water partition coefficient (Wildman–Crippen LogP) is 4.72. The summed E-state index contributed by atoms with van der Waals surface area (Å²) >= 11 is 2.21. The van der Waals surface area contributed by atoms with Crippen LogP contribution in [0.1, 0.15) is 0 Å². The van der Waals surface area contributed by atoms with E-state index in [1.54, 1.807) is 14.2 Å². The van der Waals surface area contributed by atoms with Crippen LogP contribution in [-0.2, 0) is 0 Å². The molecule has 1 heterocycles. The van der Waals surface area contributed by atoms with Crippen LogP contribution in [0.5, 0.6) is 11.5 Å². The van der Waals surface area contributed by atoms with E-state index in [-0.39, 0.29) is 0 Å². The molecule has 0 fully saturated rings. The number of methoxy groups -OCH3 is 2. The minimum absolute atomic E-state index is 0.778. The molecule has 0 saturated heterocycles. The van der Waals surface area contributed by atoms with E-state index in [1.165, 1.54) is 0 Å². The van der Waals surface area contributed by atoms with E-state index in [1.807, 2.05) is 42.5 Å². The van der Waals surface area contributed by atoms with Gasteiger partial charge in [-0.15, -0.1) is 0 Å². The molecule has 0 aliphatic carbocycles. The molecule has 102 valence electrons. The number of furan rings is 1. The van der Waals surface area contributed by atoms with Crippen molar-refractivity contribution >= 4 is 33.6 Å². The molecule has 0 saturated carbocycles. The number of hydrogen-bond acceptors (Lipinski definition) is 3. The molecule has 2 aromatic carbocycles. The van der Waals surface area contributed by atoms with Gasteiger partial charge in [-0.1, -0.05) is 18.2 Å².